The topological polar surface area (TPSA) is 150 Å². The summed E-state index contributed by atoms with van der Waals surface area (Å²) >= 11 is 0. The number of benzene rings is 2. The lowest BCUT2D eigenvalue weighted by Gasteiger charge is -2.45. The van der Waals surface area contributed by atoms with E-state index < -0.39 is 30.7 Å². The maximum absolute atomic E-state index is 13.4. The molecule has 12 heteroatoms. The number of hydrazine groups is 1. The molecule has 3 N–H and O–H groups in total. The summed E-state index contributed by atoms with van der Waals surface area (Å²) in [6.07, 6.45) is -1.47. The van der Waals surface area contributed by atoms with Crippen molar-refractivity contribution in [2.75, 3.05) is 11.9 Å². The molecule has 0 radical (unpaired) electrons. The van der Waals surface area contributed by atoms with E-state index in [1.54, 1.807) is 31.3 Å². The van der Waals surface area contributed by atoms with Crippen LogP contribution in [0, 0.1) is 11.8 Å². The van der Waals surface area contributed by atoms with Crippen molar-refractivity contribution in [3.63, 3.8) is 0 Å². The van der Waals surface area contributed by atoms with Crippen LogP contribution in [0.3, 0.4) is 0 Å². The van der Waals surface area contributed by atoms with Gasteiger partial charge in [-0.05, 0) is 36.8 Å². The molecule has 1 aliphatic rings. The van der Waals surface area contributed by atoms with Crippen molar-refractivity contribution in [3.05, 3.63) is 81.0 Å². The molecule has 1 aliphatic heterocycles. The van der Waals surface area contributed by atoms with Crippen LogP contribution in [-0.4, -0.2) is 50.2 Å². The number of nitrogens with two attached hydrogens (primary N) is 1. The number of imide groups is 1. The first kappa shape index (κ1) is 24.5. The van der Waals surface area contributed by atoms with Gasteiger partial charge in [-0.15, -0.1) is 4.91 Å². The number of anilines is 1. The Morgan fingerprint density at radius 2 is 1.75 bits per heavy atom. The summed E-state index contributed by atoms with van der Waals surface area (Å²) in [6.45, 7) is 1.71. The van der Waals surface area contributed by atoms with E-state index in [1.165, 1.54) is 15.5 Å². The number of nitroso groups, excluding NO2 is 1. The predicted molar refractivity (Wildman–Crippen MR) is 132 cm³/mol. The van der Waals surface area contributed by atoms with E-state index in [-0.39, 0.29) is 18.6 Å². The van der Waals surface area contributed by atoms with Crippen molar-refractivity contribution < 1.29 is 14.4 Å². The van der Waals surface area contributed by atoms with Gasteiger partial charge in [-0.25, -0.2) is 25.3 Å². The minimum atomic E-state index is -1.06. The van der Waals surface area contributed by atoms with Crippen molar-refractivity contribution in [2.45, 2.75) is 26.2 Å². The number of aryl methyl sites for hydroxylation is 2. The number of urea groups is 2. The lowest BCUT2D eigenvalue weighted by molar-refractivity contribution is -0.118. The van der Waals surface area contributed by atoms with E-state index in [4.69, 9.17) is 5.84 Å². The lowest BCUT2D eigenvalue weighted by atomic mass is 10.1. The number of carbonyl (C=O) groups is 3. The van der Waals surface area contributed by atoms with E-state index in [1.807, 2.05) is 31.2 Å². The molecule has 186 valence electrons. The number of amides is 5. The van der Waals surface area contributed by atoms with Crippen LogP contribution in [0.2, 0.25) is 0 Å². The van der Waals surface area contributed by atoms with Crippen molar-refractivity contribution >= 4 is 34.6 Å². The molecule has 36 heavy (non-hydrogen) atoms. The summed E-state index contributed by atoms with van der Waals surface area (Å²) in [5, 5.41) is 7.08. The number of hydrogen-bond donors (Lipinski definition) is 2. The molecule has 12 nitrogen and oxygen atoms in total. The quantitative estimate of drug-likeness (QED) is 0.293. The molecule has 3 aromatic rings. The van der Waals surface area contributed by atoms with E-state index in [2.05, 4.69) is 10.5 Å². The van der Waals surface area contributed by atoms with E-state index in [9.17, 15) is 24.1 Å². The molecule has 0 bridgehead atoms. The summed E-state index contributed by atoms with van der Waals surface area (Å²) in [7, 11) is 1.67. The second-order valence-corrected chi connectivity index (χ2v) is 8.49. The molecule has 1 atom stereocenters. The zero-order valence-corrected chi connectivity index (χ0v) is 19.7. The van der Waals surface area contributed by atoms with E-state index >= 15 is 0 Å². The molecule has 0 spiro atoms. The molecule has 2 heterocycles. The second-order valence-electron chi connectivity index (χ2n) is 8.49. The van der Waals surface area contributed by atoms with Crippen LogP contribution in [0.1, 0.15) is 17.5 Å². The first-order chi connectivity index (χ1) is 17.2. The summed E-state index contributed by atoms with van der Waals surface area (Å²) < 4.78 is 1.51. The first-order valence-electron chi connectivity index (χ1n) is 11.1. The van der Waals surface area contributed by atoms with Gasteiger partial charge in [0.15, 0.2) is 0 Å². The highest BCUT2D eigenvalue weighted by molar-refractivity contribution is 5.96. The smallest absolute Gasteiger partial charge is 0.345 e. The first-order valence-corrected chi connectivity index (χ1v) is 11.1. The number of nitrogens with one attached hydrogen (secondary N) is 1. The molecule has 1 unspecified atom stereocenters. The molecular formula is C24H25N7O5. The average Bonchev–Trinajstić information content (AvgIpc) is 2.87. The van der Waals surface area contributed by atoms with Gasteiger partial charge in [0.05, 0.1) is 18.5 Å². The van der Waals surface area contributed by atoms with Crippen molar-refractivity contribution in [1.82, 2.24) is 19.4 Å². The highest BCUT2D eigenvalue weighted by atomic mass is 16.3. The van der Waals surface area contributed by atoms with E-state index in [0.29, 0.717) is 11.2 Å². The van der Waals surface area contributed by atoms with Gasteiger partial charge in [-0.3, -0.25) is 14.5 Å². The van der Waals surface area contributed by atoms with Gasteiger partial charge in [-0.1, -0.05) is 29.8 Å². The van der Waals surface area contributed by atoms with E-state index in [0.717, 1.165) is 26.4 Å². The number of nitrogens with zero attached hydrogens (tertiary/aromatic N) is 5. The Bertz CT molecular complexity index is 1400. The fourth-order valence-corrected chi connectivity index (χ4v) is 4.00. The van der Waals surface area contributed by atoms with Gasteiger partial charge in [0, 0.05) is 35.9 Å². The summed E-state index contributed by atoms with van der Waals surface area (Å²) in [6, 6.07) is 14.4. The fourth-order valence-electron chi connectivity index (χ4n) is 4.00. The van der Waals surface area contributed by atoms with Crippen LogP contribution >= 0.6 is 0 Å². The van der Waals surface area contributed by atoms with Crippen LogP contribution in [0.5, 0.6) is 0 Å². The van der Waals surface area contributed by atoms with Crippen LogP contribution in [0.25, 0.3) is 10.9 Å². The normalized spacial score (nSPS) is 16.0. The van der Waals surface area contributed by atoms with Crippen LogP contribution in [0.4, 0.5) is 15.3 Å². The van der Waals surface area contributed by atoms with Gasteiger partial charge in [0.25, 0.3) is 11.5 Å². The molecule has 1 fully saturated rings. The van der Waals surface area contributed by atoms with Gasteiger partial charge in [0.2, 0.25) is 6.29 Å². The standard InChI is InChI=1S/C24H25N7O5/c1-15-3-5-16(6-4-15)14-30-22(31(25)24(35)29(23(30)34)12-11-20(32)27-36)26-18-8-9-19-17(13-18)7-10-21(33)28(19)2/h3-10,13,22,26H,11-12,14,25H2,1-2H3. The molecule has 2 aromatic carbocycles. The number of pyridine rings is 1. The second kappa shape index (κ2) is 9.96. The molecule has 1 saturated heterocycles. The number of fused-ring (bicyclic) bond motifs is 1. The highest BCUT2D eigenvalue weighted by Gasteiger charge is 2.43. The number of hydrogen-bond acceptors (Lipinski definition) is 7. The lowest BCUT2D eigenvalue weighted by Crippen LogP contribution is -2.70. The number of carbonyl (C=O) groups excluding carboxylic acids is 3. The van der Waals surface area contributed by atoms with Gasteiger partial charge >= 0.3 is 12.1 Å². The molecular weight excluding hydrogens is 466 g/mol. The van der Waals surface area contributed by atoms with Gasteiger partial charge in [0.1, 0.15) is 0 Å². The maximum atomic E-state index is 13.4. The number of aromatic nitrogens is 1. The third kappa shape index (κ3) is 4.79. The molecule has 0 saturated carbocycles. The number of rotatable bonds is 7. The zero-order chi connectivity index (χ0) is 26.0. The largest absolute Gasteiger partial charge is 0.347 e. The third-order valence-electron chi connectivity index (χ3n) is 6.03. The van der Waals surface area contributed by atoms with Crippen LogP contribution < -0.4 is 16.7 Å². The minimum Gasteiger partial charge on any atom is -0.347 e. The monoisotopic (exact) mass is 491 g/mol. The Morgan fingerprint density at radius 1 is 1.03 bits per heavy atom. The van der Waals surface area contributed by atoms with Crippen LogP contribution in [0.15, 0.2) is 64.6 Å². The Labute approximate surface area is 205 Å². The van der Waals surface area contributed by atoms with Gasteiger partial charge in [-0.2, -0.15) is 0 Å². The maximum Gasteiger partial charge on any atom is 0.345 e. The molecule has 4 rings (SSSR count). The fraction of sp³-hybridized carbons (Fsp3) is 0.250. The minimum absolute atomic E-state index is 0.107. The molecule has 1 aromatic heterocycles. The summed E-state index contributed by atoms with van der Waals surface area (Å²) in [5.74, 6) is 5.18. The Kier molecular flexibility index (Phi) is 6.79. The van der Waals surface area contributed by atoms with Gasteiger partial charge < -0.3 is 9.88 Å². The SMILES string of the molecule is Cc1ccc(CN2C(=O)N(CCC(=O)N=O)C(=O)N(N)C2Nc2ccc3c(ccc(=O)n3C)c2)cc1. The highest BCUT2D eigenvalue weighted by Crippen LogP contribution is 2.24. The average molecular weight is 492 g/mol. The van der Waals surface area contributed by atoms with Crippen LogP contribution in [-0.2, 0) is 18.4 Å². The summed E-state index contributed by atoms with van der Waals surface area (Å²) in [5.41, 5.74) is 2.96. The molecule has 0 aliphatic carbocycles. The Morgan fingerprint density at radius 3 is 2.44 bits per heavy atom. The zero-order valence-electron chi connectivity index (χ0n) is 19.7. The van der Waals surface area contributed by atoms with Crippen molar-refractivity contribution in [1.29, 1.82) is 0 Å². The Hall–Kier alpha value is -4.58. The summed E-state index contributed by atoms with van der Waals surface area (Å²) in [4.78, 5) is 62.3. The third-order valence-corrected chi connectivity index (χ3v) is 6.03. The van der Waals surface area contributed by atoms with Crippen molar-refractivity contribution in [2.24, 2.45) is 18.1 Å². The molecule has 5 amide bonds. The van der Waals surface area contributed by atoms with Crippen molar-refractivity contribution in [3.8, 4) is 0 Å². The predicted octanol–water partition coefficient (Wildman–Crippen LogP) is 2.46. The Balaban J connectivity index is 1.67.